The van der Waals surface area contributed by atoms with Crippen LogP contribution in [0.1, 0.15) is 31.2 Å². The lowest BCUT2D eigenvalue weighted by atomic mass is 9.97. The number of carbonyl (C=O) groups excluding carboxylic acids is 1. The van der Waals surface area contributed by atoms with Gasteiger partial charge >= 0.3 is 0 Å². The minimum Gasteiger partial charge on any atom is -0.497 e. The van der Waals surface area contributed by atoms with Gasteiger partial charge in [0.1, 0.15) is 18.1 Å². The molecule has 0 aliphatic carbocycles. The van der Waals surface area contributed by atoms with Gasteiger partial charge in [-0.15, -0.1) is 0 Å². The molecule has 3 aromatic rings. The van der Waals surface area contributed by atoms with Gasteiger partial charge in [0.15, 0.2) is 0 Å². The molecule has 1 unspecified atom stereocenters. The summed E-state index contributed by atoms with van der Waals surface area (Å²) in [5.41, 5.74) is 1.69. The van der Waals surface area contributed by atoms with Gasteiger partial charge in [-0.2, -0.15) is 0 Å². The molecule has 1 saturated heterocycles. The summed E-state index contributed by atoms with van der Waals surface area (Å²) in [7, 11) is 1.66. The van der Waals surface area contributed by atoms with Crippen LogP contribution in [0.4, 0.5) is 5.69 Å². The molecule has 156 valence electrons. The van der Waals surface area contributed by atoms with Crippen molar-refractivity contribution in [1.82, 2.24) is 0 Å². The molecule has 0 bridgehead atoms. The molecule has 5 heteroatoms. The van der Waals surface area contributed by atoms with Crippen molar-refractivity contribution in [2.75, 3.05) is 25.6 Å². The highest BCUT2D eigenvalue weighted by atomic mass is 16.5. The number of fused-ring (bicyclic) bond motifs is 1. The Kier molecular flexibility index (Phi) is 6.19. The lowest BCUT2D eigenvalue weighted by Gasteiger charge is -2.15. The molecular formula is C25H27NO4. The summed E-state index contributed by atoms with van der Waals surface area (Å²) in [6, 6.07) is 19.5. The molecule has 1 fully saturated rings. The van der Waals surface area contributed by atoms with Gasteiger partial charge in [-0.05, 0) is 60.4 Å². The summed E-state index contributed by atoms with van der Waals surface area (Å²) in [6.07, 6.45) is 2.28. The number of ether oxygens (including phenoxy) is 3. The van der Waals surface area contributed by atoms with Crippen molar-refractivity contribution in [1.29, 1.82) is 0 Å². The average molecular weight is 405 g/mol. The van der Waals surface area contributed by atoms with E-state index in [1.165, 1.54) is 0 Å². The number of amides is 1. The van der Waals surface area contributed by atoms with Crippen molar-refractivity contribution in [3.63, 3.8) is 0 Å². The van der Waals surface area contributed by atoms with Crippen molar-refractivity contribution in [3.8, 4) is 11.5 Å². The number of nitrogens with one attached hydrogen (secondary N) is 1. The van der Waals surface area contributed by atoms with Crippen molar-refractivity contribution in [2.24, 2.45) is 0 Å². The van der Waals surface area contributed by atoms with Gasteiger partial charge in [-0.1, -0.05) is 30.3 Å². The third kappa shape index (κ3) is 4.74. The van der Waals surface area contributed by atoms with Crippen LogP contribution in [-0.2, 0) is 9.53 Å². The van der Waals surface area contributed by atoms with Crippen LogP contribution in [0.3, 0.4) is 0 Å². The van der Waals surface area contributed by atoms with Crippen molar-refractivity contribution in [2.45, 2.75) is 31.8 Å². The zero-order chi connectivity index (χ0) is 20.9. The Hall–Kier alpha value is -3.05. The number of anilines is 1. The Labute approximate surface area is 177 Å². The van der Waals surface area contributed by atoms with Crippen LogP contribution in [0.5, 0.6) is 11.5 Å². The van der Waals surface area contributed by atoms with Gasteiger partial charge in [-0.3, -0.25) is 4.79 Å². The summed E-state index contributed by atoms with van der Waals surface area (Å²) in [5, 5.41) is 5.17. The zero-order valence-corrected chi connectivity index (χ0v) is 17.4. The Balaban J connectivity index is 1.41. The lowest BCUT2D eigenvalue weighted by Crippen LogP contribution is -2.19. The summed E-state index contributed by atoms with van der Waals surface area (Å²) < 4.78 is 16.7. The minimum atomic E-state index is -0.284. The van der Waals surface area contributed by atoms with Crippen molar-refractivity contribution < 1.29 is 19.0 Å². The molecule has 1 aliphatic rings. The maximum absolute atomic E-state index is 12.8. The second-order valence-corrected chi connectivity index (χ2v) is 7.66. The zero-order valence-electron chi connectivity index (χ0n) is 17.4. The van der Waals surface area contributed by atoms with Crippen LogP contribution >= 0.6 is 0 Å². The Morgan fingerprint density at radius 3 is 2.73 bits per heavy atom. The molecule has 1 heterocycles. The maximum atomic E-state index is 12.8. The second kappa shape index (κ2) is 9.18. The fourth-order valence-corrected chi connectivity index (χ4v) is 3.67. The van der Waals surface area contributed by atoms with E-state index in [2.05, 4.69) is 11.4 Å². The highest BCUT2D eigenvalue weighted by Crippen LogP contribution is 2.26. The van der Waals surface area contributed by atoms with E-state index >= 15 is 0 Å². The van der Waals surface area contributed by atoms with E-state index in [4.69, 9.17) is 14.2 Å². The number of carbonyl (C=O) groups is 1. The van der Waals surface area contributed by atoms with E-state index < -0.39 is 0 Å². The van der Waals surface area contributed by atoms with Gasteiger partial charge in [0.25, 0.3) is 0 Å². The number of hydrogen-bond acceptors (Lipinski definition) is 4. The molecule has 5 nitrogen and oxygen atoms in total. The van der Waals surface area contributed by atoms with E-state index in [-0.39, 0.29) is 17.9 Å². The van der Waals surface area contributed by atoms with E-state index in [0.29, 0.717) is 6.61 Å². The smallest absolute Gasteiger partial charge is 0.231 e. The molecule has 1 N–H and O–H groups in total. The number of benzene rings is 3. The first-order valence-electron chi connectivity index (χ1n) is 10.4. The molecule has 4 rings (SSSR count). The van der Waals surface area contributed by atoms with E-state index in [1.54, 1.807) is 7.11 Å². The number of rotatable bonds is 7. The largest absolute Gasteiger partial charge is 0.497 e. The quantitative estimate of drug-likeness (QED) is 0.591. The maximum Gasteiger partial charge on any atom is 0.231 e. The summed E-state index contributed by atoms with van der Waals surface area (Å²) in [5.74, 6) is 1.21. The minimum absolute atomic E-state index is 0.0564. The highest BCUT2D eigenvalue weighted by molar-refractivity contribution is 5.96. The third-order valence-corrected chi connectivity index (χ3v) is 5.53. The Morgan fingerprint density at radius 2 is 1.93 bits per heavy atom. The molecule has 1 aliphatic heterocycles. The van der Waals surface area contributed by atoms with Crippen molar-refractivity contribution in [3.05, 3.63) is 66.2 Å². The fourth-order valence-electron chi connectivity index (χ4n) is 3.67. The fraction of sp³-hybridized carbons (Fsp3) is 0.320. The predicted molar refractivity (Wildman–Crippen MR) is 118 cm³/mol. The summed E-state index contributed by atoms with van der Waals surface area (Å²) in [6.45, 7) is 3.26. The van der Waals surface area contributed by atoms with Crippen LogP contribution in [-0.4, -0.2) is 32.3 Å². The first-order chi connectivity index (χ1) is 14.6. The van der Waals surface area contributed by atoms with E-state index in [9.17, 15) is 4.79 Å². The van der Waals surface area contributed by atoms with Crippen LogP contribution in [0, 0.1) is 0 Å². The highest BCUT2D eigenvalue weighted by Gasteiger charge is 2.18. The van der Waals surface area contributed by atoms with Gasteiger partial charge in [0, 0.05) is 18.4 Å². The number of methoxy groups -OCH3 is 1. The van der Waals surface area contributed by atoms with Crippen LogP contribution in [0.2, 0.25) is 0 Å². The predicted octanol–water partition coefficient (Wildman–Crippen LogP) is 5.15. The first-order valence-corrected chi connectivity index (χ1v) is 10.4. The summed E-state index contributed by atoms with van der Waals surface area (Å²) in [4.78, 5) is 12.8. The molecular weight excluding hydrogens is 378 g/mol. The van der Waals surface area contributed by atoms with Gasteiger partial charge in [-0.25, -0.2) is 0 Å². The van der Waals surface area contributed by atoms with Gasteiger partial charge in [0.05, 0.1) is 19.1 Å². The average Bonchev–Trinajstić information content (AvgIpc) is 3.30. The lowest BCUT2D eigenvalue weighted by molar-refractivity contribution is -0.117. The second-order valence-electron chi connectivity index (χ2n) is 7.66. The molecule has 3 aromatic carbocycles. The number of hydrogen-bond donors (Lipinski definition) is 1. The monoisotopic (exact) mass is 405 g/mol. The first kappa shape index (κ1) is 20.2. The molecule has 0 spiro atoms. The topological polar surface area (TPSA) is 56.8 Å². The van der Waals surface area contributed by atoms with Crippen molar-refractivity contribution >= 4 is 22.4 Å². The van der Waals surface area contributed by atoms with Gasteiger partial charge < -0.3 is 19.5 Å². The molecule has 0 aromatic heterocycles. The molecule has 0 saturated carbocycles. The standard InChI is InChI=1S/C25H27NO4/c1-17(18-8-9-20-14-22(28-2)11-10-19(20)13-18)25(27)26-21-5-3-6-23(15-21)30-16-24-7-4-12-29-24/h3,5-6,8-11,13-15,17,24H,4,7,12,16H2,1-2H3,(H,26,27)/t17-,24?/m0/s1. The Bertz CT molecular complexity index is 1030. The molecule has 0 radical (unpaired) electrons. The van der Waals surface area contributed by atoms with Crippen LogP contribution < -0.4 is 14.8 Å². The summed E-state index contributed by atoms with van der Waals surface area (Å²) >= 11 is 0. The van der Waals surface area contributed by atoms with Crippen LogP contribution in [0.15, 0.2) is 60.7 Å². The molecule has 2 atom stereocenters. The SMILES string of the molecule is COc1ccc2cc([C@H](C)C(=O)Nc3cccc(OCC4CCCO4)c3)ccc2c1. The normalized spacial score (nSPS) is 16.9. The van der Waals surface area contributed by atoms with Gasteiger partial charge in [0.2, 0.25) is 5.91 Å². The van der Waals surface area contributed by atoms with E-state index in [1.807, 2.05) is 61.5 Å². The molecule has 30 heavy (non-hydrogen) atoms. The molecule has 1 amide bonds. The van der Waals surface area contributed by atoms with Crippen LogP contribution in [0.25, 0.3) is 10.8 Å². The van der Waals surface area contributed by atoms with E-state index in [0.717, 1.165) is 53.0 Å². The third-order valence-electron chi connectivity index (χ3n) is 5.53. The Morgan fingerprint density at radius 1 is 1.10 bits per heavy atom.